The van der Waals surface area contributed by atoms with Gasteiger partial charge in [0.05, 0.1) is 11.1 Å². The van der Waals surface area contributed by atoms with E-state index in [1.165, 1.54) is 37.7 Å². The molecule has 0 unspecified atom stereocenters. The monoisotopic (exact) mass is 293 g/mol. The van der Waals surface area contributed by atoms with Crippen LogP contribution in [-0.2, 0) is 6.54 Å². The van der Waals surface area contributed by atoms with Crippen LogP contribution in [0.25, 0.3) is 5.52 Å². The average molecular weight is 293 g/mol. The zero-order valence-corrected chi connectivity index (χ0v) is 13.2. The summed E-state index contributed by atoms with van der Waals surface area (Å²) in [4.78, 5) is 2.67. The van der Waals surface area contributed by atoms with E-state index in [0.29, 0.717) is 6.04 Å². The molecule has 4 rings (SSSR count). The quantitative estimate of drug-likeness (QED) is 0.839. The highest BCUT2D eigenvalue weighted by Crippen LogP contribution is 2.40. The van der Waals surface area contributed by atoms with Crippen molar-refractivity contribution in [3.8, 4) is 6.07 Å². The fourth-order valence-corrected chi connectivity index (χ4v) is 4.70. The Balaban J connectivity index is 1.67. The summed E-state index contributed by atoms with van der Waals surface area (Å²) in [7, 11) is 0. The molecule has 1 aliphatic carbocycles. The summed E-state index contributed by atoms with van der Waals surface area (Å²) in [6, 6.07) is 9.88. The van der Waals surface area contributed by atoms with Crippen LogP contribution in [0.4, 0.5) is 0 Å². The maximum absolute atomic E-state index is 9.60. The predicted octanol–water partition coefficient (Wildman–Crippen LogP) is 3.96. The van der Waals surface area contributed by atoms with E-state index in [1.54, 1.807) is 0 Å². The molecular formula is C19H23N3. The fraction of sp³-hybridized carbons (Fsp3) is 0.526. The van der Waals surface area contributed by atoms with Gasteiger partial charge in [-0.15, -0.1) is 0 Å². The highest BCUT2D eigenvalue weighted by Gasteiger charge is 2.40. The van der Waals surface area contributed by atoms with Gasteiger partial charge in [-0.1, -0.05) is 18.9 Å². The Morgan fingerprint density at radius 2 is 2.14 bits per heavy atom. The largest absolute Gasteiger partial charge is 0.322 e. The van der Waals surface area contributed by atoms with Crippen molar-refractivity contribution in [2.45, 2.75) is 57.7 Å². The van der Waals surface area contributed by atoms with E-state index in [0.717, 1.165) is 29.6 Å². The lowest BCUT2D eigenvalue weighted by Gasteiger charge is -2.33. The average Bonchev–Trinajstić information content (AvgIpc) is 3.05. The van der Waals surface area contributed by atoms with Crippen LogP contribution >= 0.6 is 0 Å². The first-order chi connectivity index (χ1) is 10.8. The van der Waals surface area contributed by atoms with Gasteiger partial charge in [-0.3, -0.25) is 4.90 Å². The summed E-state index contributed by atoms with van der Waals surface area (Å²) in [5.74, 6) is 0.881. The van der Waals surface area contributed by atoms with Crippen molar-refractivity contribution in [1.29, 1.82) is 5.26 Å². The SMILES string of the molecule is C[C@@H]1C[C@@H]2CCCC[C@H]2N1Cc1cn2ccccc2c1C#N. The van der Waals surface area contributed by atoms with Crippen LogP contribution in [0.15, 0.2) is 30.6 Å². The number of hydrogen-bond donors (Lipinski definition) is 0. The number of pyridine rings is 1. The summed E-state index contributed by atoms with van der Waals surface area (Å²) >= 11 is 0. The van der Waals surface area contributed by atoms with Crippen LogP contribution in [0.5, 0.6) is 0 Å². The molecule has 2 aliphatic rings. The number of nitrogens with zero attached hydrogens (tertiary/aromatic N) is 3. The number of hydrogen-bond acceptors (Lipinski definition) is 2. The van der Waals surface area contributed by atoms with Gasteiger partial charge >= 0.3 is 0 Å². The first-order valence-corrected chi connectivity index (χ1v) is 8.52. The summed E-state index contributed by atoms with van der Waals surface area (Å²) in [5.41, 5.74) is 3.07. The van der Waals surface area contributed by atoms with Crippen LogP contribution in [-0.4, -0.2) is 21.4 Å². The highest BCUT2D eigenvalue weighted by atomic mass is 15.2. The normalized spacial score (nSPS) is 28.6. The fourth-order valence-electron chi connectivity index (χ4n) is 4.70. The molecule has 2 fully saturated rings. The van der Waals surface area contributed by atoms with E-state index in [4.69, 9.17) is 0 Å². The first-order valence-electron chi connectivity index (χ1n) is 8.52. The Morgan fingerprint density at radius 1 is 1.27 bits per heavy atom. The first kappa shape index (κ1) is 13.8. The van der Waals surface area contributed by atoms with Crippen molar-refractivity contribution in [3.05, 3.63) is 41.7 Å². The lowest BCUT2D eigenvalue weighted by molar-refractivity contribution is 0.149. The Bertz CT molecular complexity index is 724. The minimum absolute atomic E-state index is 0.641. The summed E-state index contributed by atoms with van der Waals surface area (Å²) in [6.45, 7) is 3.28. The van der Waals surface area contributed by atoms with Crippen molar-refractivity contribution in [1.82, 2.24) is 9.30 Å². The van der Waals surface area contributed by atoms with Crippen molar-refractivity contribution in [2.24, 2.45) is 5.92 Å². The van der Waals surface area contributed by atoms with Gasteiger partial charge in [-0.25, -0.2) is 0 Å². The van der Waals surface area contributed by atoms with Crippen LogP contribution < -0.4 is 0 Å². The molecule has 3 nitrogen and oxygen atoms in total. The maximum Gasteiger partial charge on any atom is 0.102 e. The van der Waals surface area contributed by atoms with Crippen molar-refractivity contribution in [2.75, 3.05) is 0 Å². The van der Waals surface area contributed by atoms with Crippen LogP contribution in [0.3, 0.4) is 0 Å². The molecule has 0 amide bonds. The lowest BCUT2D eigenvalue weighted by Crippen LogP contribution is -2.37. The van der Waals surface area contributed by atoms with E-state index in [9.17, 15) is 5.26 Å². The van der Waals surface area contributed by atoms with Crippen molar-refractivity contribution < 1.29 is 0 Å². The molecule has 1 saturated heterocycles. The molecule has 1 saturated carbocycles. The molecule has 114 valence electrons. The van der Waals surface area contributed by atoms with Crippen LogP contribution in [0.2, 0.25) is 0 Å². The molecule has 0 spiro atoms. The number of fused-ring (bicyclic) bond motifs is 2. The number of likely N-dealkylation sites (tertiary alicyclic amines) is 1. The van der Waals surface area contributed by atoms with Gasteiger partial charge in [0.25, 0.3) is 0 Å². The number of aromatic nitrogens is 1. The van der Waals surface area contributed by atoms with Gasteiger partial charge < -0.3 is 4.40 Å². The van der Waals surface area contributed by atoms with E-state index in [-0.39, 0.29) is 0 Å². The minimum Gasteiger partial charge on any atom is -0.322 e. The molecule has 2 aromatic heterocycles. The number of rotatable bonds is 2. The Hall–Kier alpha value is -1.79. The standard InChI is InChI=1S/C19H23N3/c1-14-10-15-6-2-3-7-18(15)22(14)13-16-12-21-9-5-4-8-19(21)17(16)11-20/h4-5,8-9,12,14-15,18H,2-3,6-7,10,13H2,1H3/t14-,15+,18-/m1/s1. The molecule has 0 bridgehead atoms. The molecule has 2 aromatic rings. The van der Waals surface area contributed by atoms with Gasteiger partial charge in [0.1, 0.15) is 6.07 Å². The second-order valence-electron chi connectivity index (χ2n) is 7.00. The maximum atomic E-state index is 9.60. The Labute approximate surface area is 132 Å². The molecule has 0 radical (unpaired) electrons. The molecule has 0 aromatic carbocycles. The molecule has 3 heteroatoms. The molecule has 3 atom stereocenters. The zero-order valence-electron chi connectivity index (χ0n) is 13.2. The van der Waals surface area contributed by atoms with Gasteiger partial charge in [-0.2, -0.15) is 5.26 Å². The van der Waals surface area contributed by atoms with E-state index in [1.807, 2.05) is 24.4 Å². The van der Waals surface area contributed by atoms with Gasteiger partial charge in [0.2, 0.25) is 0 Å². The van der Waals surface area contributed by atoms with E-state index < -0.39 is 0 Å². The topological polar surface area (TPSA) is 31.4 Å². The molecule has 22 heavy (non-hydrogen) atoms. The van der Waals surface area contributed by atoms with Crippen LogP contribution in [0.1, 0.15) is 50.2 Å². The third-order valence-corrected chi connectivity index (χ3v) is 5.73. The predicted molar refractivity (Wildman–Crippen MR) is 87.5 cm³/mol. The summed E-state index contributed by atoms with van der Waals surface area (Å²) in [5, 5.41) is 9.60. The third kappa shape index (κ3) is 2.14. The highest BCUT2D eigenvalue weighted by molar-refractivity contribution is 5.65. The van der Waals surface area contributed by atoms with Crippen LogP contribution in [0, 0.1) is 17.2 Å². The van der Waals surface area contributed by atoms with Crippen molar-refractivity contribution in [3.63, 3.8) is 0 Å². The Morgan fingerprint density at radius 3 is 3.00 bits per heavy atom. The minimum atomic E-state index is 0.641. The van der Waals surface area contributed by atoms with Gasteiger partial charge in [0, 0.05) is 36.6 Å². The zero-order chi connectivity index (χ0) is 15.1. The third-order valence-electron chi connectivity index (χ3n) is 5.73. The van der Waals surface area contributed by atoms with Crippen molar-refractivity contribution >= 4 is 5.52 Å². The summed E-state index contributed by atoms with van der Waals surface area (Å²) in [6.07, 6.45) is 11.0. The number of nitriles is 1. The molecule has 3 heterocycles. The summed E-state index contributed by atoms with van der Waals surface area (Å²) < 4.78 is 2.09. The van der Waals surface area contributed by atoms with Gasteiger partial charge in [0.15, 0.2) is 0 Å². The molecule has 0 N–H and O–H groups in total. The molecule has 1 aliphatic heterocycles. The van der Waals surface area contributed by atoms with Gasteiger partial charge in [-0.05, 0) is 44.2 Å². The van der Waals surface area contributed by atoms with E-state index >= 15 is 0 Å². The van der Waals surface area contributed by atoms with E-state index in [2.05, 4.69) is 28.5 Å². The Kier molecular flexibility index (Phi) is 3.43. The second kappa shape index (κ2) is 5.44. The lowest BCUT2D eigenvalue weighted by atomic mass is 9.85. The second-order valence-corrected chi connectivity index (χ2v) is 7.00. The molecular weight excluding hydrogens is 270 g/mol. The smallest absolute Gasteiger partial charge is 0.102 e.